The van der Waals surface area contributed by atoms with Crippen LogP contribution in [-0.4, -0.2) is 13.9 Å². The summed E-state index contributed by atoms with van der Waals surface area (Å²) < 4.78 is 4.47. The molecule has 2 bridgehead atoms. The Morgan fingerprint density at radius 2 is 1.14 bits per heavy atom. The topological polar surface area (TPSA) is 48.9 Å². The van der Waals surface area contributed by atoms with E-state index in [4.69, 9.17) is 0 Å². The van der Waals surface area contributed by atoms with Crippen LogP contribution < -0.4 is 11.4 Å². The highest BCUT2D eigenvalue weighted by molar-refractivity contribution is 5.52. The van der Waals surface area contributed by atoms with Crippen molar-refractivity contribution in [2.24, 2.45) is 7.05 Å². The average Bonchev–Trinajstić information content (AvgIpc) is 2.70. The number of allylic oxidation sites excluding steroid dienone is 2. The van der Waals surface area contributed by atoms with Gasteiger partial charge in [0.2, 0.25) is 0 Å². The van der Waals surface area contributed by atoms with Crippen LogP contribution in [0.1, 0.15) is 48.2 Å². The molecule has 0 N–H and O–H groups in total. The van der Waals surface area contributed by atoms with E-state index in [0.717, 1.165) is 11.1 Å². The van der Waals surface area contributed by atoms with Crippen molar-refractivity contribution < 1.29 is 0 Å². The van der Waals surface area contributed by atoms with Gasteiger partial charge in [0, 0.05) is 7.05 Å². The maximum atomic E-state index is 12.5. The summed E-state index contributed by atoms with van der Waals surface area (Å²) in [5, 5.41) is 0. The van der Waals surface area contributed by atoms with Gasteiger partial charge in [-0.2, -0.15) is 0 Å². The smallest absolute Gasteiger partial charge is 0.246 e. The van der Waals surface area contributed by atoms with Crippen molar-refractivity contribution in [3.05, 3.63) is 66.5 Å². The van der Waals surface area contributed by atoms with E-state index in [0.29, 0.717) is 0 Å². The molecule has 0 fully saturated rings. The number of rotatable bonds is 0. The van der Waals surface area contributed by atoms with Crippen LogP contribution in [0.5, 0.6) is 0 Å². The van der Waals surface area contributed by atoms with Gasteiger partial charge in [0.1, 0.15) is 12.1 Å². The van der Waals surface area contributed by atoms with E-state index in [9.17, 15) is 9.59 Å². The van der Waals surface area contributed by atoms with E-state index < -0.39 is 0 Å². The van der Waals surface area contributed by atoms with Gasteiger partial charge in [0.15, 0.2) is 0 Å². The van der Waals surface area contributed by atoms with Crippen LogP contribution in [0, 0.1) is 13.8 Å². The van der Waals surface area contributed by atoms with E-state index in [2.05, 4.69) is 39.8 Å². The van der Waals surface area contributed by atoms with E-state index >= 15 is 0 Å². The molecule has 1 aromatic carbocycles. The van der Waals surface area contributed by atoms with Crippen molar-refractivity contribution in [1.29, 1.82) is 0 Å². The zero-order valence-electron chi connectivity index (χ0n) is 13.5. The Balaban J connectivity index is 2.18. The summed E-state index contributed by atoms with van der Waals surface area (Å²) in [6.07, 6.45) is 0. The zero-order valence-corrected chi connectivity index (χ0v) is 13.5. The third kappa shape index (κ3) is 1.30. The Hall–Kier alpha value is -2.30. The normalized spacial score (nSPS) is 22.0. The van der Waals surface area contributed by atoms with Gasteiger partial charge in [-0.25, -0.2) is 23.5 Å². The maximum absolute atomic E-state index is 12.5. The third-order valence-corrected chi connectivity index (χ3v) is 5.42. The number of hydrogen-bond donors (Lipinski definition) is 0. The predicted octanol–water partition coefficient (Wildman–Crippen LogP) is 1.81. The van der Waals surface area contributed by atoms with Gasteiger partial charge in [-0.15, -0.1) is 0 Å². The molecule has 114 valence electrons. The van der Waals surface area contributed by atoms with E-state index in [1.165, 1.54) is 26.8 Å². The molecule has 3 aliphatic rings. The fraction of sp³-hybridized carbons (Fsp3) is 0.412. The van der Waals surface area contributed by atoms with Gasteiger partial charge >= 0.3 is 11.4 Å². The molecule has 0 spiro atoms. The van der Waals surface area contributed by atoms with Gasteiger partial charge in [-0.05, 0) is 61.1 Å². The van der Waals surface area contributed by atoms with Gasteiger partial charge < -0.3 is 0 Å². The fourth-order valence-electron chi connectivity index (χ4n) is 3.91. The Morgan fingerprint density at radius 3 is 1.50 bits per heavy atom. The van der Waals surface area contributed by atoms with Crippen LogP contribution in [0.2, 0.25) is 0 Å². The second kappa shape index (κ2) is 3.91. The van der Waals surface area contributed by atoms with Crippen molar-refractivity contribution in [1.82, 2.24) is 13.9 Å². The monoisotopic (exact) mass is 297 g/mol. The molecule has 0 radical (unpaired) electrons. The van der Waals surface area contributed by atoms with Crippen molar-refractivity contribution in [2.45, 2.75) is 39.8 Å². The molecule has 2 aromatic rings. The minimum Gasteiger partial charge on any atom is -0.246 e. The molecule has 5 rings (SSSR count). The molecular formula is C17H19N3O2. The van der Waals surface area contributed by atoms with Crippen LogP contribution in [-0.2, 0) is 7.05 Å². The lowest BCUT2D eigenvalue weighted by Gasteiger charge is -2.42. The Morgan fingerprint density at radius 1 is 0.773 bits per heavy atom. The summed E-state index contributed by atoms with van der Waals surface area (Å²) in [7, 11) is 1.55. The summed E-state index contributed by atoms with van der Waals surface area (Å²) in [6.45, 7) is 8.31. The molecular weight excluding hydrogens is 278 g/mol. The quantitative estimate of drug-likeness (QED) is 0.696. The van der Waals surface area contributed by atoms with Gasteiger partial charge in [0.05, 0.1) is 0 Å². The second-order valence-corrected chi connectivity index (χ2v) is 6.55. The lowest BCUT2D eigenvalue weighted by Crippen LogP contribution is -2.44. The van der Waals surface area contributed by atoms with Crippen molar-refractivity contribution in [3.63, 3.8) is 0 Å². The summed E-state index contributed by atoms with van der Waals surface area (Å²) in [5.74, 6) is 0. The number of aryl methyl sites for hydroxylation is 2. The molecule has 2 atom stereocenters. The van der Waals surface area contributed by atoms with Crippen molar-refractivity contribution >= 4 is 0 Å². The number of aromatic nitrogens is 3. The van der Waals surface area contributed by atoms with Crippen LogP contribution in [0.25, 0.3) is 0 Å². The number of nitrogens with zero attached hydrogens (tertiary/aromatic N) is 3. The molecule has 3 heterocycles. The third-order valence-electron chi connectivity index (χ3n) is 5.42. The molecule has 2 aliphatic heterocycles. The van der Waals surface area contributed by atoms with E-state index in [1.54, 1.807) is 16.4 Å². The largest absolute Gasteiger partial charge is 0.347 e. The van der Waals surface area contributed by atoms with Crippen molar-refractivity contribution in [3.8, 4) is 0 Å². The summed E-state index contributed by atoms with van der Waals surface area (Å²) >= 11 is 0. The molecule has 0 amide bonds. The highest BCUT2D eigenvalue weighted by Gasteiger charge is 2.42. The van der Waals surface area contributed by atoms with Gasteiger partial charge in [0.25, 0.3) is 0 Å². The van der Waals surface area contributed by atoms with E-state index in [-0.39, 0.29) is 23.5 Å². The first-order valence-corrected chi connectivity index (χ1v) is 7.53. The first-order chi connectivity index (χ1) is 10.3. The highest BCUT2D eigenvalue weighted by Crippen LogP contribution is 2.47. The molecule has 5 heteroatoms. The minimum absolute atomic E-state index is 0.166. The summed E-state index contributed by atoms with van der Waals surface area (Å²) in [6, 6.07) is 4.01. The molecule has 1 aromatic heterocycles. The fourth-order valence-corrected chi connectivity index (χ4v) is 3.91. The Kier molecular flexibility index (Phi) is 2.38. The minimum atomic E-state index is -0.240. The van der Waals surface area contributed by atoms with Crippen LogP contribution >= 0.6 is 0 Å². The molecule has 5 nitrogen and oxygen atoms in total. The maximum Gasteiger partial charge on any atom is 0.347 e. The standard InChI is InChI=1S/C17H19N3O2/c1-8-6-12-13(7-9(8)2)15-11(4)10(3)14(12)19-16(21)18(5)17(22)20(15)19/h6-7,14-15H,1-5H3/t14-,15+. The molecule has 0 saturated carbocycles. The number of benzene rings is 1. The van der Waals surface area contributed by atoms with Crippen LogP contribution in [0.3, 0.4) is 0 Å². The Labute approximate surface area is 128 Å². The molecule has 22 heavy (non-hydrogen) atoms. The lowest BCUT2D eigenvalue weighted by atomic mass is 9.77. The zero-order chi connectivity index (χ0) is 15.9. The second-order valence-electron chi connectivity index (χ2n) is 6.55. The molecule has 0 unspecified atom stereocenters. The number of hydrogen-bond acceptors (Lipinski definition) is 2. The van der Waals surface area contributed by atoms with Crippen LogP contribution in [0.15, 0.2) is 32.9 Å². The molecule has 0 saturated heterocycles. The van der Waals surface area contributed by atoms with Crippen molar-refractivity contribution in [2.75, 3.05) is 0 Å². The van der Waals surface area contributed by atoms with Gasteiger partial charge in [-0.3, -0.25) is 0 Å². The lowest BCUT2D eigenvalue weighted by molar-refractivity contribution is 0.342. The SMILES string of the molecule is CC1=C(C)[C@H]2c3cc(C)c(C)cc3[C@@H]1n1c(=O)n(C)c(=O)n12. The van der Waals surface area contributed by atoms with E-state index in [1.807, 2.05) is 0 Å². The molecule has 1 aliphatic carbocycles. The Bertz CT molecular complexity index is 908. The average molecular weight is 297 g/mol. The first-order valence-electron chi connectivity index (χ1n) is 7.53. The summed E-state index contributed by atoms with van der Waals surface area (Å²) in [4.78, 5) is 25.0. The van der Waals surface area contributed by atoms with Crippen LogP contribution in [0.4, 0.5) is 0 Å². The van der Waals surface area contributed by atoms with Gasteiger partial charge in [-0.1, -0.05) is 12.1 Å². The summed E-state index contributed by atoms with van der Waals surface area (Å²) in [5.41, 5.74) is 6.62. The predicted molar refractivity (Wildman–Crippen MR) is 84.5 cm³/mol. The highest BCUT2D eigenvalue weighted by atomic mass is 16.2. The first kappa shape index (κ1) is 13.4.